The fraction of sp³-hybridized carbons (Fsp3) is 0.385. The quantitative estimate of drug-likeness (QED) is 0.845. The van der Waals surface area contributed by atoms with E-state index in [1.165, 1.54) is 11.3 Å². The van der Waals surface area contributed by atoms with Crippen molar-refractivity contribution >= 4 is 40.2 Å². The number of amides is 1. The van der Waals surface area contributed by atoms with E-state index >= 15 is 0 Å². The van der Waals surface area contributed by atoms with Gasteiger partial charge in [0.25, 0.3) is 5.91 Å². The molecule has 0 unspecified atom stereocenters. The van der Waals surface area contributed by atoms with Crippen molar-refractivity contribution in [3.05, 3.63) is 37.4 Å². The maximum absolute atomic E-state index is 12.2. The Hall–Kier alpha value is -0.910. The normalized spacial score (nSPS) is 11.0. The van der Waals surface area contributed by atoms with E-state index in [-0.39, 0.29) is 5.91 Å². The molecule has 0 saturated heterocycles. The van der Waals surface area contributed by atoms with Crippen molar-refractivity contribution in [2.45, 2.75) is 26.3 Å². The SMILES string of the molecule is CC(C)c1nc(CN(C)C(=O)c2sccc2Cl)cs1. The van der Waals surface area contributed by atoms with Crippen molar-refractivity contribution < 1.29 is 4.79 Å². The summed E-state index contributed by atoms with van der Waals surface area (Å²) < 4.78 is 0. The van der Waals surface area contributed by atoms with Gasteiger partial charge in [-0.2, -0.15) is 0 Å². The van der Waals surface area contributed by atoms with Gasteiger partial charge in [0.1, 0.15) is 4.88 Å². The summed E-state index contributed by atoms with van der Waals surface area (Å²) in [5, 5.41) is 5.45. The number of rotatable bonds is 4. The van der Waals surface area contributed by atoms with Crippen LogP contribution in [0.1, 0.15) is 40.1 Å². The first kappa shape index (κ1) is 14.5. The molecular formula is C13H15ClN2OS2. The van der Waals surface area contributed by atoms with Gasteiger partial charge in [0.05, 0.1) is 22.3 Å². The van der Waals surface area contributed by atoms with Crippen LogP contribution in [0.15, 0.2) is 16.8 Å². The molecule has 2 rings (SSSR count). The Morgan fingerprint density at radius 1 is 1.47 bits per heavy atom. The fourth-order valence-corrected chi connectivity index (χ4v) is 3.55. The monoisotopic (exact) mass is 314 g/mol. The van der Waals surface area contributed by atoms with E-state index < -0.39 is 0 Å². The van der Waals surface area contributed by atoms with Crippen molar-refractivity contribution in [3.8, 4) is 0 Å². The van der Waals surface area contributed by atoms with E-state index in [1.807, 2.05) is 10.8 Å². The van der Waals surface area contributed by atoms with E-state index in [0.29, 0.717) is 22.4 Å². The first-order valence-electron chi connectivity index (χ1n) is 5.91. The largest absolute Gasteiger partial charge is 0.335 e. The molecule has 0 aliphatic rings. The maximum atomic E-state index is 12.2. The molecule has 6 heteroatoms. The average molecular weight is 315 g/mol. The summed E-state index contributed by atoms with van der Waals surface area (Å²) in [5.74, 6) is 0.366. The van der Waals surface area contributed by atoms with Crippen molar-refractivity contribution in [1.29, 1.82) is 0 Å². The molecule has 0 bridgehead atoms. The first-order chi connectivity index (χ1) is 8.99. The number of aromatic nitrogens is 1. The van der Waals surface area contributed by atoms with Crippen LogP contribution in [0.5, 0.6) is 0 Å². The molecule has 0 fully saturated rings. The van der Waals surface area contributed by atoms with Crippen molar-refractivity contribution in [1.82, 2.24) is 9.88 Å². The summed E-state index contributed by atoms with van der Waals surface area (Å²) in [6.45, 7) is 4.74. The lowest BCUT2D eigenvalue weighted by molar-refractivity contribution is 0.0788. The Morgan fingerprint density at radius 3 is 2.74 bits per heavy atom. The predicted molar refractivity (Wildman–Crippen MR) is 81.3 cm³/mol. The predicted octanol–water partition coefficient (Wildman–Crippen LogP) is 4.25. The summed E-state index contributed by atoms with van der Waals surface area (Å²) in [6, 6.07) is 1.74. The van der Waals surface area contributed by atoms with Gasteiger partial charge in [0.2, 0.25) is 0 Å². The summed E-state index contributed by atoms with van der Waals surface area (Å²) in [5.41, 5.74) is 0.928. The van der Waals surface area contributed by atoms with Gasteiger partial charge in [0.15, 0.2) is 0 Å². The molecular weight excluding hydrogens is 300 g/mol. The lowest BCUT2D eigenvalue weighted by Crippen LogP contribution is -2.25. The van der Waals surface area contributed by atoms with Crippen LogP contribution in [0.2, 0.25) is 5.02 Å². The second-order valence-corrected chi connectivity index (χ2v) is 6.80. The lowest BCUT2D eigenvalue weighted by atomic mass is 10.2. The molecule has 3 nitrogen and oxygen atoms in total. The van der Waals surface area contributed by atoms with Crippen LogP contribution in [0.4, 0.5) is 0 Å². The molecule has 19 heavy (non-hydrogen) atoms. The Labute approximate surface area is 125 Å². The third-order valence-corrected chi connectivity index (χ3v) is 5.14. The lowest BCUT2D eigenvalue weighted by Gasteiger charge is -2.15. The number of thiophene rings is 1. The number of hydrogen-bond donors (Lipinski definition) is 0. The minimum atomic E-state index is -0.0564. The van der Waals surface area contributed by atoms with Crippen LogP contribution in [-0.4, -0.2) is 22.8 Å². The van der Waals surface area contributed by atoms with Gasteiger partial charge in [-0.1, -0.05) is 25.4 Å². The van der Waals surface area contributed by atoms with Gasteiger partial charge in [-0.3, -0.25) is 4.79 Å². The molecule has 0 N–H and O–H groups in total. The van der Waals surface area contributed by atoms with Crippen molar-refractivity contribution in [3.63, 3.8) is 0 Å². The van der Waals surface area contributed by atoms with E-state index in [1.54, 1.807) is 29.4 Å². The highest BCUT2D eigenvalue weighted by molar-refractivity contribution is 7.12. The molecule has 0 saturated carbocycles. The smallest absolute Gasteiger partial charge is 0.265 e. The molecule has 2 aromatic rings. The molecule has 102 valence electrons. The first-order valence-corrected chi connectivity index (χ1v) is 8.05. The molecule has 1 amide bonds. The number of hydrogen-bond acceptors (Lipinski definition) is 4. The minimum Gasteiger partial charge on any atom is -0.335 e. The second kappa shape index (κ2) is 6.03. The highest BCUT2D eigenvalue weighted by Crippen LogP contribution is 2.24. The zero-order chi connectivity index (χ0) is 14.0. The Kier molecular flexibility index (Phi) is 4.60. The number of thiazole rings is 1. The van der Waals surface area contributed by atoms with Gasteiger partial charge in [-0.05, 0) is 11.4 Å². The maximum Gasteiger partial charge on any atom is 0.265 e. The molecule has 0 spiro atoms. The number of halogens is 1. The average Bonchev–Trinajstić information content (AvgIpc) is 2.97. The summed E-state index contributed by atoms with van der Waals surface area (Å²) in [4.78, 5) is 19.0. The van der Waals surface area contributed by atoms with Gasteiger partial charge in [-0.25, -0.2) is 4.98 Å². The third kappa shape index (κ3) is 3.35. The molecule has 0 aliphatic carbocycles. The van der Waals surface area contributed by atoms with Gasteiger partial charge in [-0.15, -0.1) is 22.7 Å². The number of carbonyl (C=O) groups excluding carboxylic acids is 1. The summed E-state index contributed by atoms with van der Waals surface area (Å²) in [7, 11) is 1.77. The van der Waals surface area contributed by atoms with Crippen LogP contribution in [0.25, 0.3) is 0 Å². The Morgan fingerprint density at radius 2 is 2.21 bits per heavy atom. The van der Waals surface area contributed by atoms with Crippen LogP contribution in [0.3, 0.4) is 0 Å². The van der Waals surface area contributed by atoms with Crippen molar-refractivity contribution in [2.24, 2.45) is 0 Å². The molecule has 0 atom stereocenters. The van der Waals surface area contributed by atoms with E-state index in [9.17, 15) is 4.79 Å². The van der Waals surface area contributed by atoms with Gasteiger partial charge < -0.3 is 4.90 Å². The van der Waals surface area contributed by atoms with Gasteiger partial charge in [0, 0.05) is 18.3 Å². The van der Waals surface area contributed by atoms with Crippen LogP contribution >= 0.6 is 34.3 Å². The van der Waals surface area contributed by atoms with Crippen LogP contribution in [0, 0.1) is 0 Å². The van der Waals surface area contributed by atoms with Crippen LogP contribution < -0.4 is 0 Å². The van der Waals surface area contributed by atoms with E-state index in [2.05, 4.69) is 18.8 Å². The highest BCUT2D eigenvalue weighted by atomic mass is 35.5. The standard InChI is InChI=1S/C13H15ClN2OS2/c1-8(2)12-15-9(7-19-12)6-16(3)13(17)11-10(14)4-5-18-11/h4-5,7-8H,6H2,1-3H3. The molecule has 0 aliphatic heterocycles. The Bertz CT molecular complexity index is 577. The summed E-state index contributed by atoms with van der Waals surface area (Å²) in [6.07, 6.45) is 0. The zero-order valence-corrected chi connectivity index (χ0v) is 13.4. The highest BCUT2D eigenvalue weighted by Gasteiger charge is 2.17. The third-order valence-electron chi connectivity index (χ3n) is 2.62. The zero-order valence-electron chi connectivity index (χ0n) is 11.0. The second-order valence-electron chi connectivity index (χ2n) is 4.59. The van der Waals surface area contributed by atoms with E-state index in [0.717, 1.165) is 10.7 Å². The molecule has 0 aromatic carbocycles. The van der Waals surface area contributed by atoms with Crippen molar-refractivity contribution in [2.75, 3.05) is 7.05 Å². The fourth-order valence-electron chi connectivity index (χ4n) is 1.59. The van der Waals surface area contributed by atoms with Gasteiger partial charge >= 0.3 is 0 Å². The number of carbonyl (C=O) groups is 1. The number of nitrogens with zero attached hydrogens (tertiary/aromatic N) is 2. The summed E-state index contributed by atoms with van der Waals surface area (Å²) >= 11 is 8.98. The molecule has 0 radical (unpaired) electrons. The van der Waals surface area contributed by atoms with E-state index in [4.69, 9.17) is 11.6 Å². The van der Waals surface area contributed by atoms with Crippen LogP contribution in [-0.2, 0) is 6.54 Å². The molecule has 2 aromatic heterocycles. The minimum absolute atomic E-state index is 0.0564. The Balaban J connectivity index is 2.06. The topological polar surface area (TPSA) is 33.2 Å². The molecule has 2 heterocycles.